The average Bonchev–Trinajstić information content (AvgIpc) is 3.80. The molecule has 0 fully saturated rings. The first-order valence-corrected chi connectivity index (χ1v) is 17.8. The van der Waals surface area contributed by atoms with E-state index < -0.39 is 0 Å². The van der Waals surface area contributed by atoms with Crippen LogP contribution in [-0.2, 0) is 0 Å². The largest absolute Gasteiger partial charge is 0.484 e. The summed E-state index contributed by atoms with van der Waals surface area (Å²) in [5.74, 6) is 2.53. The number of nitrogens with one attached hydrogen (secondary N) is 1. The predicted molar refractivity (Wildman–Crippen MR) is 211 cm³/mol. The fourth-order valence-electron chi connectivity index (χ4n) is 8.28. The van der Waals surface area contributed by atoms with Crippen molar-refractivity contribution in [3.8, 4) is 5.75 Å². The highest BCUT2D eigenvalue weighted by atomic mass is 16.5. The van der Waals surface area contributed by atoms with Crippen molar-refractivity contribution in [2.75, 3.05) is 0 Å². The first-order valence-electron chi connectivity index (χ1n) is 17.8. The van der Waals surface area contributed by atoms with Crippen LogP contribution < -0.4 is 10.1 Å². The third kappa shape index (κ3) is 4.49. The Morgan fingerprint density at radius 2 is 1.35 bits per heavy atom. The number of benzene rings is 7. The number of amidine groups is 2. The molecule has 52 heavy (non-hydrogen) atoms. The molecule has 7 aromatic carbocycles. The van der Waals surface area contributed by atoms with E-state index in [-0.39, 0.29) is 18.2 Å². The van der Waals surface area contributed by atoms with Crippen molar-refractivity contribution in [2.45, 2.75) is 18.2 Å². The van der Waals surface area contributed by atoms with Gasteiger partial charge in [0.1, 0.15) is 35.0 Å². The van der Waals surface area contributed by atoms with Gasteiger partial charge in [0, 0.05) is 39.0 Å². The zero-order valence-electron chi connectivity index (χ0n) is 28.0. The molecular formula is C47H31N3O2. The second kappa shape index (κ2) is 11.4. The molecule has 0 bridgehead atoms. The second-order valence-electron chi connectivity index (χ2n) is 13.7. The molecular weight excluding hydrogens is 639 g/mol. The summed E-state index contributed by atoms with van der Waals surface area (Å²) in [7, 11) is 0. The van der Waals surface area contributed by atoms with Crippen molar-refractivity contribution in [2.24, 2.45) is 9.98 Å². The van der Waals surface area contributed by atoms with E-state index in [9.17, 15) is 0 Å². The molecule has 3 atom stereocenters. The van der Waals surface area contributed by atoms with Gasteiger partial charge in [-0.2, -0.15) is 0 Å². The van der Waals surface area contributed by atoms with Crippen LogP contribution in [0.4, 0.5) is 0 Å². The Kier molecular flexibility index (Phi) is 6.37. The maximum absolute atomic E-state index is 6.64. The summed E-state index contributed by atoms with van der Waals surface area (Å²) >= 11 is 0. The quantitative estimate of drug-likeness (QED) is 0.190. The molecule has 0 spiro atoms. The van der Waals surface area contributed by atoms with Gasteiger partial charge in [0.15, 0.2) is 5.84 Å². The topological polar surface area (TPSA) is 59.1 Å². The highest BCUT2D eigenvalue weighted by Crippen LogP contribution is 2.48. The summed E-state index contributed by atoms with van der Waals surface area (Å²) in [5.41, 5.74) is 8.08. The Hall–Kier alpha value is -6.72. The Bertz CT molecular complexity index is 2880. The van der Waals surface area contributed by atoms with Gasteiger partial charge >= 0.3 is 0 Å². The lowest BCUT2D eigenvalue weighted by Gasteiger charge is -2.25. The minimum Gasteiger partial charge on any atom is -0.484 e. The Morgan fingerprint density at radius 1 is 0.615 bits per heavy atom. The fraction of sp³-hybridized carbons (Fsp3) is 0.0638. The number of ether oxygens (including phenoxy) is 1. The van der Waals surface area contributed by atoms with E-state index in [0.29, 0.717) is 5.84 Å². The molecule has 3 heterocycles. The normalized spacial score (nSPS) is 19.2. The van der Waals surface area contributed by atoms with Crippen LogP contribution in [-0.4, -0.2) is 17.8 Å². The summed E-state index contributed by atoms with van der Waals surface area (Å²) in [6, 6.07) is 50.7. The molecule has 8 aromatic rings. The van der Waals surface area contributed by atoms with Gasteiger partial charge in [-0.3, -0.25) is 0 Å². The zero-order chi connectivity index (χ0) is 34.2. The summed E-state index contributed by atoms with van der Waals surface area (Å²) in [6.07, 6.45) is 6.15. The molecule has 246 valence electrons. The van der Waals surface area contributed by atoms with E-state index in [0.717, 1.165) is 61.4 Å². The third-order valence-electron chi connectivity index (χ3n) is 10.7. The minimum absolute atomic E-state index is 0.125. The SMILES string of the molecule is C1=CC2c3ccccc3OC2C(c2cccc3oc4cccc(C5=NC(c6ccc7ccc8ccccc8c7c6)=NC(c6ccccc6)N5)c4c23)=C1. The molecule has 3 aliphatic rings. The Balaban J connectivity index is 1.10. The number of hydrogen-bond donors (Lipinski definition) is 1. The molecule has 1 N–H and O–H groups in total. The fourth-order valence-corrected chi connectivity index (χ4v) is 8.28. The van der Waals surface area contributed by atoms with Crippen LogP contribution in [0.2, 0.25) is 0 Å². The van der Waals surface area contributed by atoms with E-state index in [1.807, 2.05) is 24.3 Å². The molecule has 0 saturated heterocycles. The van der Waals surface area contributed by atoms with Crippen molar-refractivity contribution in [3.05, 3.63) is 192 Å². The smallest absolute Gasteiger partial charge is 0.159 e. The molecule has 11 rings (SSSR count). The van der Waals surface area contributed by atoms with Crippen LogP contribution in [0.5, 0.6) is 5.75 Å². The number of furan rings is 1. The molecule has 1 aromatic heterocycles. The lowest BCUT2D eigenvalue weighted by molar-refractivity contribution is 0.278. The maximum Gasteiger partial charge on any atom is 0.159 e. The molecule has 5 heteroatoms. The van der Waals surface area contributed by atoms with Crippen LogP contribution >= 0.6 is 0 Å². The Labute approximate surface area is 299 Å². The van der Waals surface area contributed by atoms with Gasteiger partial charge in [0.05, 0.1) is 0 Å². The van der Waals surface area contributed by atoms with E-state index in [1.165, 1.54) is 27.1 Å². The van der Waals surface area contributed by atoms with E-state index in [1.54, 1.807) is 0 Å². The van der Waals surface area contributed by atoms with Crippen molar-refractivity contribution in [1.29, 1.82) is 0 Å². The lowest BCUT2D eigenvalue weighted by atomic mass is 9.83. The number of nitrogens with zero attached hydrogens (tertiary/aromatic N) is 2. The van der Waals surface area contributed by atoms with Gasteiger partial charge in [0.2, 0.25) is 0 Å². The van der Waals surface area contributed by atoms with Gasteiger partial charge in [-0.25, -0.2) is 9.98 Å². The monoisotopic (exact) mass is 669 g/mol. The van der Waals surface area contributed by atoms with E-state index in [4.69, 9.17) is 19.1 Å². The summed E-state index contributed by atoms with van der Waals surface area (Å²) in [5, 5.41) is 10.6. The number of aliphatic imine (C=N–C) groups is 2. The van der Waals surface area contributed by atoms with Crippen LogP contribution in [0.3, 0.4) is 0 Å². The van der Waals surface area contributed by atoms with Crippen molar-refractivity contribution in [3.63, 3.8) is 0 Å². The highest BCUT2D eigenvalue weighted by Gasteiger charge is 2.38. The van der Waals surface area contributed by atoms with Gasteiger partial charge in [-0.15, -0.1) is 0 Å². The van der Waals surface area contributed by atoms with Crippen molar-refractivity contribution >= 4 is 60.7 Å². The Morgan fingerprint density at radius 3 is 2.23 bits per heavy atom. The number of fused-ring (bicyclic) bond motifs is 9. The second-order valence-corrected chi connectivity index (χ2v) is 13.7. The van der Waals surface area contributed by atoms with E-state index >= 15 is 0 Å². The van der Waals surface area contributed by atoms with Crippen molar-refractivity contribution in [1.82, 2.24) is 5.32 Å². The number of para-hydroxylation sites is 1. The van der Waals surface area contributed by atoms with Crippen LogP contribution in [0, 0.1) is 0 Å². The maximum atomic E-state index is 6.64. The molecule has 0 radical (unpaired) electrons. The summed E-state index contributed by atoms with van der Waals surface area (Å²) in [4.78, 5) is 10.5. The molecule has 2 aliphatic heterocycles. The molecule has 3 unspecified atom stereocenters. The zero-order valence-corrected chi connectivity index (χ0v) is 28.0. The minimum atomic E-state index is -0.336. The first-order chi connectivity index (χ1) is 25.8. The van der Waals surface area contributed by atoms with E-state index in [2.05, 4.69) is 145 Å². The predicted octanol–water partition coefficient (Wildman–Crippen LogP) is 10.9. The van der Waals surface area contributed by atoms with Crippen LogP contribution in [0.25, 0.3) is 49.1 Å². The molecule has 5 nitrogen and oxygen atoms in total. The number of allylic oxidation sites excluding steroid dienone is 2. The van der Waals surface area contributed by atoms with Gasteiger partial charge in [-0.05, 0) is 56.9 Å². The van der Waals surface area contributed by atoms with Gasteiger partial charge < -0.3 is 14.5 Å². The molecule has 0 amide bonds. The number of hydrogen-bond acceptors (Lipinski definition) is 5. The standard InChI is InChI=1S/C47H31N3O2/c1-2-12-30(13-3-1)45-48-46(31-26-25-29-24-23-28-11-4-5-14-32(28)38(29)27-31)50-47(49-45)37-19-10-22-41-43(37)42-34(16-9-21-40(42)51-41)36-18-8-17-35-33-15-6-7-20-39(33)52-44(35)36/h1-27,35,44-45H,(H,48,49,50). The lowest BCUT2D eigenvalue weighted by Crippen LogP contribution is -2.33. The van der Waals surface area contributed by atoms with Crippen LogP contribution in [0.1, 0.15) is 39.9 Å². The first kappa shape index (κ1) is 29.1. The van der Waals surface area contributed by atoms with Gasteiger partial charge in [0.25, 0.3) is 0 Å². The van der Waals surface area contributed by atoms with Crippen molar-refractivity contribution < 1.29 is 9.15 Å². The molecule has 1 aliphatic carbocycles. The summed E-state index contributed by atoms with van der Waals surface area (Å²) in [6.45, 7) is 0. The highest BCUT2D eigenvalue weighted by molar-refractivity contribution is 6.24. The van der Waals surface area contributed by atoms with Gasteiger partial charge in [-0.1, -0.05) is 140 Å². The average molecular weight is 670 g/mol. The van der Waals surface area contributed by atoms with Crippen LogP contribution in [0.15, 0.2) is 178 Å². The molecule has 0 saturated carbocycles. The third-order valence-corrected chi connectivity index (χ3v) is 10.7. The summed E-state index contributed by atoms with van der Waals surface area (Å²) < 4.78 is 13.2. The number of rotatable bonds is 4.